The fraction of sp³-hybridized carbons (Fsp3) is 0.316. The van der Waals surface area contributed by atoms with Crippen LogP contribution in [0.1, 0.15) is 17.5 Å². The van der Waals surface area contributed by atoms with Crippen molar-refractivity contribution in [2.45, 2.75) is 20.3 Å². The van der Waals surface area contributed by atoms with Crippen LogP contribution in [0.3, 0.4) is 0 Å². The topological polar surface area (TPSA) is 47.6 Å². The zero-order valence-corrected chi connectivity index (χ0v) is 13.7. The summed E-state index contributed by atoms with van der Waals surface area (Å²) in [5, 5.41) is 2.83. The van der Waals surface area contributed by atoms with E-state index in [2.05, 4.69) is 5.32 Å². The van der Waals surface area contributed by atoms with Crippen LogP contribution in [0.4, 0.5) is 0 Å². The van der Waals surface area contributed by atoms with Crippen LogP contribution in [-0.4, -0.2) is 25.7 Å². The summed E-state index contributed by atoms with van der Waals surface area (Å²) in [6.07, 6.45) is 0.754. The molecule has 0 atom stereocenters. The van der Waals surface area contributed by atoms with Crippen molar-refractivity contribution in [1.29, 1.82) is 0 Å². The first-order valence-electron chi connectivity index (χ1n) is 7.80. The van der Waals surface area contributed by atoms with E-state index in [1.807, 2.05) is 62.4 Å². The lowest BCUT2D eigenvalue weighted by atomic mass is 10.2. The van der Waals surface area contributed by atoms with E-state index in [9.17, 15) is 4.79 Å². The molecule has 23 heavy (non-hydrogen) atoms. The summed E-state index contributed by atoms with van der Waals surface area (Å²) in [6.45, 7) is 5.16. The summed E-state index contributed by atoms with van der Waals surface area (Å²) in [7, 11) is 0. The van der Waals surface area contributed by atoms with Gasteiger partial charge in [0.2, 0.25) is 0 Å². The normalized spacial score (nSPS) is 10.2. The highest BCUT2D eigenvalue weighted by atomic mass is 16.5. The van der Waals surface area contributed by atoms with Crippen molar-refractivity contribution >= 4 is 5.91 Å². The number of carbonyl (C=O) groups is 1. The number of carbonyl (C=O) groups excluding carboxylic acids is 1. The van der Waals surface area contributed by atoms with Crippen molar-refractivity contribution in [3.8, 4) is 11.5 Å². The zero-order chi connectivity index (χ0) is 16.5. The summed E-state index contributed by atoms with van der Waals surface area (Å²) >= 11 is 0. The second-order valence-electron chi connectivity index (χ2n) is 5.42. The molecule has 0 spiro atoms. The lowest BCUT2D eigenvalue weighted by Gasteiger charge is -2.10. The molecule has 0 saturated heterocycles. The molecular weight excluding hydrogens is 290 g/mol. The second-order valence-corrected chi connectivity index (χ2v) is 5.42. The van der Waals surface area contributed by atoms with Gasteiger partial charge in [-0.3, -0.25) is 4.79 Å². The van der Waals surface area contributed by atoms with Crippen LogP contribution in [0.25, 0.3) is 0 Å². The Morgan fingerprint density at radius 1 is 1.04 bits per heavy atom. The van der Waals surface area contributed by atoms with Crippen molar-refractivity contribution in [3.05, 3.63) is 59.7 Å². The third-order valence-electron chi connectivity index (χ3n) is 3.35. The van der Waals surface area contributed by atoms with Gasteiger partial charge in [0, 0.05) is 6.54 Å². The number of para-hydroxylation sites is 1. The highest BCUT2D eigenvalue weighted by molar-refractivity contribution is 5.77. The molecule has 0 bridgehead atoms. The number of aryl methyl sites for hydroxylation is 2. The molecule has 0 fully saturated rings. The van der Waals surface area contributed by atoms with Gasteiger partial charge in [0.1, 0.15) is 11.5 Å². The number of ether oxygens (including phenoxy) is 2. The lowest BCUT2D eigenvalue weighted by Crippen LogP contribution is -2.30. The monoisotopic (exact) mass is 313 g/mol. The Kier molecular flexibility index (Phi) is 6.48. The molecule has 4 heteroatoms. The highest BCUT2D eigenvalue weighted by Crippen LogP contribution is 2.15. The summed E-state index contributed by atoms with van der Waals surface area (Å²) in [5.74, 6) is 1.48. The van der Waals surface area contributed by atoms with Gasteiger partial charge in [-0.05, 0) is 49.6 Å². The van der Waals surface area contributed by atoms with E-state index in [1.165, 1.54) is 5.56 Å². The van der Waals surface area contributed by atoms with Crippen LogP contribution in [-0.2, 0) is 4.79 Å². The molecule has 0 heterocycles. The molecule has 0 unspecified atom stereocenters. The molecule has 0 saturated carbocycles. The minimum Gasteiger partial charge on any atom is -0.494 e. The smallest absolute Gasteiger partial charge is 0.257 e. The Morgan fingerprint density at radius 2 is 1.87 bits per heavy atom. The molecule has 1 amide bonds. The van der Waals surface area contributed by atoms with Gasteiger partial charge < -0.3 is 14.8 Å². The Bertz CT molecular complexity index is 640. The van der Waals surface area contributed by atoms with E-state index >= 15 is 0 Å². The molecule has 2 rings (SSSR count). The molecule has 0 aliphatic heterocycles. The fourth-order valence-electron chi connectivity index (χ4n) is 2.11. The maximum atomic E-state index is 11.7. The first kappa shape index (κ1) is 16.9. The van der Waals surface area contributed by atoms with Gasteiger partial charge in [0.25, 0.3) is 5.91 Å². The quantitative estimate of drug-likeness (QED) is 0.761. The minimum absolute atomic E-state index is 0.0313. The van der Waals surface area contributed by atoms with E-state index in [1.54, 1.807) is 0 Å². The van der Waals surface area contributed by atoms with Gasteiger partial charge in [-0.2, -0.15) is 0 Å². The first-order valence-corrected chi connectivity index (χ1v) is 7.80. The minimum atomic E-state index is -0.121. The number of amides is 1. The number of hydrogen-bond acceptors (Lipinski definition) is 3. The van der Waals surface area contributed by atoms with Crippen molar-refractivity contribution in [3.63, 3.8) is 0 Å². The molecule has 2 aromatic carbocycles. The number of nitrogens with one attached hydrogen (secondary N) is 1. The second kappa shape index (κ2) is 8.83. The predicted octanol–water partition coefficient (Wildman–Crippen LogP) is 3.27. The van der Waals surface area contributed by atoms with E-state index in [0.29, 0.717) is 13.2 Å². The van der Waals surface area contributed by atoms with Crippen LogP contribution in [0, 0.1) is 13.8 Å². The fourth-order valence-corrected chi connectivity index (χ4v) is 2.11. The van der Waals surface area contributed by atoms with Crippen LogP contribution in [0.2, 0.25) is 0 Å². The van der Waals surface area contributed by atoms with Crippen LogP contribution in [0.15, 0.2) is 48.5 Å². The highest BCUT2D eigenvalue weighted by Gasteiger charge is 2.04. The summed E-state index contributed by atoms with van der Waals surface area (Å²) in [6, 6.07) is 15.6. The third kappa shape index (κ3) is 6.02. The lowest BCUT2D eigenvalue weighted by molar-refractivity contribution is -0.123. The predicted molar refractivity (Wildman–Crippen MR) is 91.0 cm³/mol. The summed E-state index contributed by atoms with van der Waals surface area (Å²) in [4.78, 5) is 11.7. The molecule has 0 aromatic heterocycles. The Labute approximate surface area is 137 Å². The van der Waals surface area contributed by atoms with Gasteiger partial charge in [-0.15, -0.1) is 0 Å². The molecular formula is C19H23NO3. The molecule has 122 valence electrons. The van der Waals surface area contributed by atoms with Crippen molar-refractivity contribution in [1.82, 2.24) is 5.32 Å². The van der Waals surface area contributed by atoms with Crippen molar-refractivity contribution in [2.24, 2.45) is 0 Å². The zero-order valence-electron chi connectivity index (χ0n) is 13.7. The third-order valence-corrected chi connectivity index (χ3v) is 3.35. The van der Waals surface area contributed by atoms with Crippen molar-refractivity contribution in [2.75, 3.05) is 19.8 Å². The largest absolute Gasteiger partial charge is 0.494 e. The maximum absolute atomic E-state index is 11.7. The number of hydrogen-bond donors (Lipinski definition) is 1. The van der Waals surface area contributed by atoms with Crippen LogP contribution in [0.5, 0.6) is 11.5 Å². The van der Waals surface area contributed by atoms with E-state index in [-0.39, 0.29) is 12.5 Å². The van der Waals surface area contributed by atoms with Gasteiger partial charge >= 0.3 is 0 Å². The van der Waals surface area contributed by atoms with Gasteiger partial charge in [-0.25, -0.2) is 0 Å². The molecule has 4 nitrogen and oxygen atoms in total. The number of rotatable bonds is 8. The van der Waals surface area contributed by atoms with E-state index in [4.69, 9.17) is 9.47 Å². The Balaban J connectivity index is 1.59. The average molecular weight is 313 g/mol. The molecule has 0 aliphatic carbocycles. The van der Waals surface area contributed by atoms with Crippen molar-refractivity contribution < 1.29 is 14.3 Å². The van der Waals surface area contributed by atoms with Gasteiger partial charge in [0.15, 0.2) is 6.61 Å². The standard InChI is InChI=1S/C19H23NO3/c1-15-7-5-9-17(13-15)22-12-6-11-20-19(21)14-23-18-10-4-3-8-16(18)2/h3-5,7-10,13H,6,11-12,14H2,1-2H3,(H,20,21). The van der Waals surface area contributed by atoms with E-state index < -0.39 is 0 Å². The SMILES string of the molecule is Cc1cccc(OCCCNC(=O)COc2ccccc2C)c1. The summed E-state index contributed by atoms with van der Waals surface area (Å²) < 4.78 is 11.1. The van der Waals surface area contributed by atoms with Crippen LogP contribution < -0.4 is 14.8 Å². The first-order chi connectivity index (χ1) is 11.1. The summed E-state index contributed by atoms with van der Waals surface area (Å²) in [5.41, 5.74) is 2.19. The Hall–Kier alpha value is -2.49. The number of benzene rings is 2. The molecule has 1 N–H and O–H groups in total. The maximum Gasteiger partial charge on any atom is 0.257 e. The molecule has 0 radical (unpaired) electrons. The molecule has 0 aliphatic rings. The van der Waals surface area contributed by atoms with E-state index in [0.717, 1.165) is 23.5 Å². The Morgan fingerprint density at radius 3 is 2.65 bits per heavy atom. The van der Waals surface area contributed by atoms with Gasteiger partial charge in [-0.1, -0.05) is 30.3 Å². The molecule has 2 aromatic rings. The van der Waals surface area contributed by atoms with Crippen LogP contribution >= 0.6 is 0 Å². The van der Waals surface area contributed by atoms with Gasteiger partial charge in [0.05, 0.1) is 6.61 Å². The average Bonchev–Trinajstić information content (AvgIpc) is 2.54.